The van der Waals surface area contributed by atoms with Gasteiger partial charge in [0.15, 0.2) is 0 Å². The van der Waals surface area contributed by atoms with Crippen LogP contribution in [0.2, 0.25) is 0 Å². The summed E-state index contributed by atoms with van der Waals surface area (Å²) in [6.45, 7) is 30.3. The fraction of sp³-hybridized carbons (Fsp3) is 0.600. The van der Waals surface area contributed by atoms with Crippen LogP contribution in [0, 0.1) is 0 Å². The zero-order chi connectivity index (χ0) is 42.5. The molecule has 0 saturated carbocycles. The molecule has 0 aromatic heterocycles. The molecule has 0 heteroatoms. The first kappa shape index (κ1) is 42.2. The van der Waals surface area contributed by atoms with Crippen molar-refractivity contribution >= 4 is 0 Å². The highest BCUT2D eigenvalue weighted by Crippen LogP contribution is 2.61. The Balaban J connectivity index is 1.44. The minimum Gasteiger partial charge on any atom is -0.0654 e. The molecule has 0 bridgehead atoms. The summed E-state index contributed by atoms with van der Waals surface area (Å²) in [5.41, 5.74) is 25.9. The third-order valence-corrected chi connectivity index (χ3v) is 17.7. The molecule has 60 heavy (non-hydrogen) atoms. The summed E-state index contributed by atoms with van der Waals surface area (Å²) >= 11 is 0. The molecular weight excluding hydrogens is 721 g/mol. The Hall–Kier alpha value is -3.12. The highest BCUT2D eigenvalue weighted by molar-refractivity contribution is 5.71. The molecule has 0 spiro atoms. The monoisotopic (exact) mass is 801 g/mol. The van der Waals surface area contributed by atoms with Gasteiger partial charge in [0.05, 0.1) is 0 Å². The second-order valence-electron chi connectivity index (χ2n) is 22.8. The average Bonchev–Trinajstić information content (AvgIpc) is 3.21. The van der Waals surface area contributed by atoms with Crippen LogP contribution in [-0.2, 0) is 21.7 Å². The van der Waals surface area contributed by atoms with Gasteiger partial charge >= 0.3 is 0 Å². The Morgan fingerprint density at radius 3 is 0.583 bits per heavy atom. The average molecular weight is 801 g/mol. The van der Waals surface area contributed by atoms with Crippen molar-refractivity contribution in [2.24, 2.45) is 0 Å². The van der Waals surface area contributed by atoms with Crippen LogP contribution in [0.15, 0.2) is 48.5 Å². The lowest BCUT2D eigenvalue weighted by atomic mass is 9.54. The smallest absolute Gasteiger partial charge is 0.0152 e. The summed E-state index contributed by atoms with van der Waals surface area (Å²) in [5.74, 6) is 1.77. The van der Waals surface area contributed by atoms with Crippen LogP contribution >= 0.6 is 0 Å². The van der Waals surface area contributed by atoms with E-state index in [9.17, 15) is 0 Å². The molecular formula is C60H80. The van der Waals surface area contributed by atoms with E-state index in [0.29, 0.717) is 23.7 Å². The van der Waals surface area contributed by atoms with Crippen molar-refractivity contribution < 1.29 is 0 Å². The Bertz CT molecular complexity index is 1860. The van der Waals surface area contributed by atoms with E-state index in [1.54, 1.807) is 89.0 Å². The normalized spacial score (nSPS) is 23.3. The molecule has 4 aliphatic carbocycles. The van der Waals surface area contributed by atoms with Crippen molar-refractivity contribution in [1.29, 1.82) is 0 Å². The minimum atomic E-state index is -0.0850. The fourth-order valence-electron chi connectivity index (χ4n) is 14.1. The molecule has 4 aromatic rings. The van der Waals surface area contributed by atoms with Gasteiger partial charge in [-0.2, -0.15) is 0 Å². The van der Waals surface area contributed by atoms with Crippen molar-refractivity contribution in [3.63, 3.8) is 0 Å². The van der Waals surface area contributed by atoms with E-state index in [0.717, 1.165) is 0 Å². The van der Waals surface area contributed by atoms with Gasteiger partial charge in [0.2, 0.25) is 0 Å². The summed E-state index contributed by atoms with van der Waals surface area (Å²) in [6.07, 6.45) is 20.5. The van der Waals surface area contributed by atoms with Gasteiger partial charge in [-0.05, 0) is 115 Å². The highest BCUT2D eigenvalue weighted by Gasteiger charge is 2.49. The van der Waals surface area contributed by atoms with Crippen molar-refractivity contribution in [1.82, 2.24) is 0 Å². The zero-order valence-electron chi connectivity index (χ0n) is 40.2. The van der Waals surface area contributed by atoms with E-state index in [2.05, 4.69) is 132 Å². The topological polar surface area (TPSA) is 0 Å². The second kappa shape index (κ2) is 15.3. The number of rotatable bonds is 16. The van der Waals surface area contributed by atoms with Gasteiger partial charge in [0.1, 0.15) is 0 Å². The predicted octanol–water partition coefficient (Wildman–Crippen LogP) is 17.4. The third kappa shape index (κ3) is 6.16. The lowest BCUT2D eigenvalue weighted by molar-refractivity contribution is 0.499. The Morgan fingerprint density at radius 1 is 0.267 bits per heavy atom. The molecule has 0 fully saturated rings. The van der Waals surface area contributed by atoms with Gasteiger partial charge in [0.25, 0.3) is 0 Å². The summed E-state index contributed by atoms with van der Waals surface area (Å²) in [4.78, 5) is 0. The molecule has 320 valence electrons. The predicted molar refractivity (Wildman–Crippen MR) is 258 cm³/mol. The SMILES string of the molecule is CCCCCC1c2cc3c4cc2C(C)(C)c2cc5c(cc21)C(CCCCC)c1cc2c(cc1C5(C)C)C(C)(C)c1cc(c(cc1C2CCCCC)C3CCCCC)C4(C)C. The van der Waals surface area contributed by atoms with Crippen molar-refractivity contribution in [3.05, 3.63) is 138 Å². The van der Waals surface area contributed by atoms with E-state index in [1.165, 1.54) is 103 Å². The van der Waals surface area contributed by atoms with Crippen LogP contribution < -0.4 is 0 Å². The Morgan fingerprint density at radius 2 is 0.433 bits per heavy atom. The lowest BCUT2D eigenvalue weighted by Gasteiger charge is -2.49. The lowest BCUT2D eigenvalue weighted by Crippen LogP contribution is -2.38. The van der Waals surface area contributed by atoms with Crippen LogP contribution in [0.1, 0.15) is 299 Å². The molecule has 4 aliphatic rings. The molecule has 0 aliphatic heterocycles. The summed E-state index contributed by atoms with van der Waals surface area (Å²) in [6, 6.07) is 22.6. The number of benzene rings is 4. The maximum absolute atomic E-state index is 2.85. The largest absolute Gasteiger partial charge is 0.0654 e. The third-order valence-electron chi connectivity index (χ3n) is 17.7. The molecule has 4 aromatic carbocycles. The van der Waals surface area contributed by atoms with Gasteiger partial charge in [-0.3, -0.25) is 0 Å². The molecule has 0 atom stereocenters. The highest BCUT2D eigenvalue weighted by atomic mass is 14.5. The van der Waals surface area contributed by atoms with E-state index in [1.807, 2.05) is 0 Å². The van der Waals surface area contributed by atoms with Gasteiger partial charge in [-0.15, -0.1) is 0 Å². The van der Waals surface area contributed by atoms with Crippen molar-refractivity contribution in [2.45, 2.75) is 231 Å². The standard InChI is InChI=1S/C60H80/c1-13-17-21-25-37-41-29-43-38(26-22-18-14-2)45-31-47-40(28-24-20-16-4)48-32-46-39(27-23-19-15-3)44-30-42(37)50-34-52(44)59(9,10)54(46)36-56(48)60(11,12)55(47)35-53(45)58(7,8)51(43)33-49(41)57(50,5)6/h29-40H,13-28H2,1-12H3. The first-order valence-electron chi connectivity index (χ1n) is 25.4. The summed E-state index contributed by atoms with van der Waals surface area (Å²) in [5, 5.41) is 0. The second-order valence-corrected chi connectivity index (χ2v) is 22.8. The molecule has 0 N–H and O–H groups in total. The van der Waals surface area contributed by atoms with E-state index >= 15 is 0 Å². The van der Waals surface area contributed by atoms with Crippen LogP contribution in [-0.4, -0.2) is 0 Å². The number of hydrogen-bond donors (Lipinski definition) is 0. The zero-order valence-corrected chi connectivity index (χ0v) is 40.2. The molecule has 8 rings (SSSR count). The van der Waals surface area contributed by atoms with Crippen molar-refractivity contribution in [2.75, 3.05) is 0 Å². The van der Waals surface area contributed by atoms with Crippen molar-refractivity contribution in [3.8, 4) is 0 Å². The van der Waals surface area contributed by atoms with E-state index in [4.69, 9.17) is 0 Å². The van der Waals surface area contributed by atoms with Gasteiger partial charge in [0, 0.05) is 45.3 Å². The summed E-state index contributed by atoms with van der Waals surface area (Å²) < 4.78 is 0. The summed E-state index contributed by atoms with van der Waals surface area (Å²) in [7, 11) is 0. The molecule has 0 nitrogen and oxygen atoms in total. The molecule has 0 unspecified atom stereocenters. The molecule has 0 saturated heterocycles. The first-order valence-corrected chi connectivity index (χ1v) is 25.4. The molecule has 0 heterocycles. The molecule has 0 radical (unpaired) electrons. The van der Waals surface area contributed by atoms with E-state index < -0.39 is 0 Å². The van der Waals surface area contributed by atoms with Crippen LogP contribution in [0.25, 0.3) is 0 Å². The quantitative estimate of drug-likeness (QED) is 0.0990. The molecule has 0 amide bonds. The van der Waals surface area contributed by atoms with Gasteiger partial charge in [-0.25, -0.2) is 0 Å². The minimum absolute atomic E-state index is 0.0850. The van der Waals surface area contributed by atoms with Crippen LogP contribution in [0.3, 0.4) is 0 Å². The van der Waals surface area contributed by atoms with Gasteiger partial charge in [-0.1, -0.05) is 209 Å². The number of unbranched alkanes of at least 4 members (excludes halogenated alkanes) is 8. The Kier molecular flexibility index (Phi) is 10.8. The van der Waals surface area contributed by atoms with Crippen LogP contribution in [0.5, 0.6) is 0 Å². The number of fused-ring (bicyclic) bond motifs is 8. The first-order chi connectivity index (χ1) is 28.6. The van der Waals surface area contributed by atoms with E-state index in [-0.39, 0.29) is 21.7 Å². The number of hydrogen-bond acceptors (Lipinski definition) is 0. The fourth-order valence-corrected chi connectivity index (χ4v) is 14.1. The van der Waals surface area contributed by atoms with Gasteiger partial charge < -0.3 is 0 Å². The maximum atomic E-state index is 2.85. The van der Waals surface area contributed by atoms with Crippen LogP contribution in [0.4, 0.5) is 0 Å². The Labute approximate surface area is 367 Å². The maximum Gasteiger partial charge on any atom is 0.0152 e.